The number of carboxylic acid groups (broad SMARTS) is 1. The Morgan fingerprint density at radius 3 is 2.67 bits per heavy atom. The molecule has 1 amide bonds. The molecule has 24 heavy (non-hydrogen) atoms. The minimum atomic E-state index is -1.06. The first-order chi connectivity index (χ1) is 11.6. The van der Waals surface area contributed by atoms with E-state index in [9.17, 15) is 14.7 Å². The molecule has 1 fully saturated rings. The van der Waals surface area contributed by atoms with Crippen LogP contribution in [-0.2, 0) is 16.0 Å². The van der Waals surface area contributed by atoms with Crippen LogP contribution in [0.15, 0.2) is 42.5 Å². The lowest BCUT2D eigenvalue weighted by molar-refractivity contribution is -0.146. The largest absolute Gasteiger partial charge is 0.479 e. The Hall–Kier alpha value is -2.01. The van der Waals surface area contributed by atoms with Gasteiger partial charge in [0.2, 0.25) is 5.91 Å². The van der Waals surface area contributed by atoms with E-state index in [0.29, 0.717) is 25.0 Å². The fourth-order valence-corrected chi connectivity index (χ4v) is 4.39. The second kappa shape index (κ2) is 7.26. The fraction of sp³-hybridized carbons (Fsp3) is 0.368. The molecule has 126 valence electrons. The van der Waals surface area contributed by atoms with E-state index in [1.54, 1.807) is 11.8 Å². The Morgan fingerprint density at radius 2 is 1.96 bits per heavy atom. The number of aryl methyl sites for hydroxylation is 1. The fourth-order valence-electron chi connectivity index (χ4n) is 3.06. The minimum absolute atomic E-state index is 0.166. The zero-order valence-electron chi connectivity index (χ0n) is 13.5. The molecule has 5 heteroatoms. The van der Waals surface area contributed by atoms with E-state index >= 15 is 0 Å². The van der Waals surface area contributed by atoms with Gasteiger partial charge < -0.3 is 10.4 Å². The van der Waals surface area contributed by atoms with E-state index in [1.165, 1.54) is 16.3 Å². The van der Waals surface area contributed by atoms with Gasteiger partial charge in [0, 0.05) is 12.2 Å². The van der Waals surface area contributed by atoms with Crippen molar-refractivity contribution in [2.75, 3.05) is 11.5 Å². The number of benzene rings is 2. The van der Waals surface area contributed by atoms with Crippen LogP contribution in [0.4, 0.5) is 0 Å². The SMILES string of the molecule is O=C(CCCc1ccc2ccccc2c1)NC1(C(=O)O)CCSC1. The number of hydrogen-bond donors (Lipinski definition) is 2. The third-order valence-corrected chi connectivity index (χ3v) is 5.68. The van der Waals surface area contributed by atoms with Crippen LogP contribution in [0.3, 0.4) is 0 Å². The molecule has 1 atom stereocenters. The summed E-state index contributed by atoms with van der Waals surface area (Å²) in [5.41, 5.74) is 0.135. The molecular weight excluding hydrogens is 322 g/mol. The lowest BCUT2D eigenvalue weighted by Gasteiger charge is -2.24. The Labute approximate surface area is 145 Å². The number of carbonyl (C=O) groups is 2. The summed E-state index contributed by atoms with van der Waals surface area (Å²) in [4.78, 5) is 23.6. The van der Waals surface area contributed by atoms with Crippen molar-refractivity contribution in [1.82, 2.24) is 5.32 Å². The van der Waals surface area contributed by atoms with Crippen LogP contribution >= 0.6 is 11.8 Å². The monoisotopic (exact) mass is 343 g/mol. The molecule has 3 rings (SSSR count). The second-order valence-electron chi connectivity index (χ2n) is 6.27. The maximum atomic E-state index is 12.1. The summed E-state index contributed by atoms with van der Waals surface area (Å²) in [5.74, 6) is 0.152. The van der Waals surface area contributed by atoms with Gasteiger partial charge in [-0.05, 0) is 41.4 Å². The number of carbonyl (C=O) groups excluding carboxylic acids is 1. The highest BCUT2D eigenvalue weighted by atomic mass is 32.2. The number of amides is 1. The average molecular weight is 343 g/mol. The molecule has 0 radical (unpaired) electrons. The van der Waals surface area contributed by atoms with Crippen molar-refractivity contribution in [3.8, 4) is 0 Å². The van der Waals surface area contributed by atoms with Crippen molar-refractivity contribution in [2.24, 2.45) is 0 Å². The van der Waals surface area contributed by atoms with E-state index < -0.39 is 11.5 Å². The Balaban J connectivity index is 1.53. The third kappa shape index (κ3) is 3.73. The van der Waals surface area contributed by atoms with Gasteiger partial charge in [-0.15, -0.1) is 0 Å². The number of thioether (sulfide) groups is 1. The van der Waals surface area contributed by atoms with Gasteiger partial charge in [0.15, 0.2) is 0 Å². The van der Waals surface area contributed by atoms with Gasteiger partial charge >= 0.3 is 5.97 Å². The number of nitrogens with one attached hydrogen (secondary N) is 1. The van der Waals surface area contributed by atoms with Crippen molar-refractivity contribution >= 4 is 34.4 Å². The van der Waals surface area contributed by atoms with Gasteiger partial charge in [-0.25, -0.2) is 4.79 Å². The highest BCUT2D eigenvalue weighted by Gasteiger charge is 2.43. The molecule has 1 aliphatic heterocycles. The summed E-state index contributed by atoms with van der Waals surface area (Å²) < 4.78 is 0. The first-order valence-electron chi connectivity index (χ1n) is 8.19. The first kappa shape index (κ1) is 16.8. The molecule has 1 aliphatic rings. The molecule has 2 N–H and O–H groups in total. The van der Waals surface area contributed by atoms with Gasteiger partial charge in [-0.1, -0.05) is 42.5 Å². The average Bonchev–Trinajstić information content (AvgIpc) is 3.04. The quantitative estimate of drug-likeness (QED) is 0.845. The molecule has 2 aromatic carbocycles. The highest BCUT2D eigenvalue weighted by Crippen LogP contribution is 2.28. The molecule has 0 saturated carbocycles. The van der Waals surface area contributed by atoms with Gasteiger partial charge in [-0.2, -0.15) is 11.8 Å². The third-order valence-electron chi connectivity index (χ3n) is 4.49. The normalized spacial score (nSPS) is 20.2. The van der Waals surface area contributed by atoms with Gasteiger partial charge in [-0.3, -0.25) is 4.79 Å². The van der Waals surface area contributed by atoms with Gasteiger partial charge in [0.25, 0.3) is 0 Å². The highest BCUT2D eigenvalue weighted by molar-refractivity contribution is 7.99. The number of fused-ring (bicyclic) bond motifs is 1. The Bertz CT molecular complexity index is 753. The molecule has 1 unspecified atom stereocenters. The van der Waals surface area contributed by atoms with Crippen molar-refractivity contribution in [3.05, 3.63) is 48.0 Å². The van der Waals surface area contributed by atoms with E-state index in [0.717, 1.165) is 12.2 Å². The van der Waals surface area contributed by atoms with Crippen molar-refractivity contribution < 1.29 is 14.7 Å². The number of hydrogen-bond acceptors (Lipinski definition) is 3. The van der Waals surface area contributed by atoms with Crippen LogP contribution in [0.25, 0.3) is 10.8 Å². The van der Waals surface area contributed by atoms with Crippen molar-refractivity contribution in [2.45, 2.75) is 31.2 Å². The maximum absolute atomic E-state index is 12.1. The van der Waals surface area contributed by atoms with E-state index in [2.05, 4.69) is 35.6 Å². The Kier molecular flexibility index (Phi) is 5.09. The molecule has 0 spiro atoms. The van der Waals surface area contributed by atoms with Crippen LogP contribution in [0, 0.1) is 0 Å². The summed E-state index contributed by atoms with van der Waals surface area (Å²) in [5, 5.41) is 14.5. The van der Waals surface area contributed by atoms with Crippen LogP contribution in [-0.4, -0.2) is 34.0 Å². The molecular formula is C19H21NO3S. The Morgan fingerprint density at radius 1 is 1.17 bits per heavy atom. The zero-order chi connectivity index (χ0) is 17.0. The maximum Gasteiger partial charge on any atom is 0.330 e. The molecule has 0 bridgehead atoms. The second-order valence-corrected chi connectivity index (χ2v) is 7.38. The predicted octanol–water partition coefficient (Wildman–Crippen LogP) is 3.24. The number of rotatable bonds is 6. The predicted molar refractivity (Wildman–Crippen MR) is 97.3 cm³/mol. The minimum Gasteiger partial charge on any atom is -0.479 e. The number of aliphatic carboxylic acids is 1. The van der Waals surface area contributed by atoms with Crippen LogP contribution in [0.2, 0.25) is 0 Å². The van der Waals surface area contributed by atoms with E-state index in [4.69, 9.17) is 0 Å². The molecule has 2 aromatic rings. The summed E-state index contributed by atoms with van der Waals surface area (Å²) >= 11 is 1.58. The molecule has 1 heterocycles. The molecule has 0 aromatic heterocycles. The summed E-state index contributed by atoms with van der Waals surface area (Å²) in [6, 6.07) is 14.5. The van der Waals surface area contributed by atoms with Crippen LogP contribution in [0.5, 0.6) is 0 Å². The van der Waals surface area contributed by atoms with Crippen LogP contribution in [0.1, 0.15) is 24.8 Å². The smallest absolute Gasteiger partial charge is 0.330 e. The summed E-state index contributed by atoms with van der Waals surface area (Å²) in [7, 11) is 0. The lowest BCUT2D eigenvalue weighted by Crippen LogP contribution is -2.54. The topological polar surface area (TPSA) is 66.4 Å². The van der Waals surface area contributed by atoms with E-state index in [1.807, 2.05) is 12.1 Å². The van der Waals surface area contributed by atoms with Gasteiger partial charge in [0.1, 0.15) is 5.54 Å². The van der Waals surface area contributed by atoms with Crippen molar-refractivity contribution in [3.63, 3.8) is 0 Å². The van der Waals surface area contributed by atoms with Crippen LogP contribution < -0.4 is 5.32 Å². The zero-order valence-corrected chi connectivity index (χ0v) is 14.3. The lowest BCUT2D eigenvalue weighted by atomic mass is 9.98. The molecule has 0 aliphatic carbocycles. The van der Waals surface area contributed by atoms with E-state index in [-0.39, 0.29) is 5.91 Å². The number of carboxylic acids is 1. The van der Waals surface area contributed by atoms with Crippen molar-refractivity contribution in [1.29, 1.82) is 0 Å². The first-order valence-corrected chi connectivity index (χ1v) is 9.34. The molecule has 4 nitrogen and oxygen atoms in total. The standard InChI is InChI=1S/C19H21NO3S/c21-17(20-19(18(22)23)10-11-24-13-19)7-3-4-14-8-9-15-5-1-2-6-16(15)12-14/h1-2,5-6,8-9,12H,3-4,7,10-11,13H2,(H,20,21)(H,22,23). The van der Waals surface area contributed by atoms with Gasteiger partial charge in [0.05, 0.1) is 0 Å². The summed E-state index contributed by atoms with van der Waals surface area (Å²) in [6.45, 7) is 0. The molecule has 1 saturated heterocycles. The summed E-state index contributed by atoms with van der Waals surface area (Å²) in [6.07, 6.45) is 2.38.